The van der Waals surface area contributed by atoms with Crippen LogP contribution in [0.1, 0.15) is 23.2 Å². The largest absolute Gasteiger partial charge is 0.489 e. The Labute approximate surface area is 140 Å². The van der Waals surface area contributed by atoms with E-state index in [1.807, 2.05) is 24.3 Å². The van der Waals surface area contributed by atoms with Crippen LogP contribution in [0.3, 0.4) is 0 Å². The van der Waals surface area contributed by atoms with Crippen molar-refractivity contribution >= 4 is 23.0 Å². The summed E-state index contributed by atoms with van der Waals surface area (Å²) in [5.74, 6) is -0.163. The molecule has 2 aromatic rings. The summed E-state index contributed by atoms with van der Waals surface area (Å²) in [6.45, 7) is 1.93. The van der Waals surface area contributed by atoms with Gasteiger partial charge in [0.05, 0.1) is 16.9 Å². The van der Waals surface area contributed by atoms with Crippen molar-refractivity contribution in [3.05, 3.63) is 48.0 Å². The van der Waals surface area contributed by atoms with Gasteiger partial charge in [0.2, 0.25) is 0 Å². The number of piperidine rings is 1. The van der Waals surface area contributed by atoms with E-state index in [9.17, 15) is 4.79 Å². The molecule has 0 spiro atoms. The summed E-state index contributed by atoms with van der Waals surface area (Å²) >= 11 is 0. The molecule has 1 aliphatic rings. The van der Waals surface area contributed by atoms with Gasteiger partial charge in [0.25, 0.3) is 0 Å². The fourth-order valence-electron chi connectivity index (χ4n) is 2.68. The van der Waals surface area contributed by atoms with Crippen LogP contribution in [0.4, 0.5) is 17.1 Å². The Morgan fingerprint density at radius 3 is 2.71 bits per heavy atom. The van der Waals surface area contributed by atoms with Gasteiger partial charge < -0.3 is 26.2 Å². The first-order chi connectivity index (χ1) is 11.6. The van der Waals surface area contributed by atoms with Gasteiger partial charge in [-0.3, -0.25) is 0 Å². The monoisotopic (exact) mass is 327 g/mol. The van der Waals surface area contributed by atoms with Gasteiger partial charge in [0.15, 0.2) is 0 Å². The molecule has 1 fully saturated rings. The molecule has 1 aliphatic heterocycles. The molecule has 0 aromatic heterocycles. The number of benzene rings is 2. The lowest BCUT2D eigenvalue weighted by atomic mass is 10.1. The maximum atomic E-state index is 11.1. The van der Waals surface area contributed by atoms with E-state index in [-0.39, 0.29) is 11.7 Å². The number of carboxylic acid groups (broad SMARTS) is 1. The van der Waals surface area contributed by atoms with Gasteiger partial charge in [0, 0.05) is 12.2 Å². The lowest BCUT2D eigenvalue weighted by Crippen LogP contribution is -2.37. The summed E-state index contributed by atoms with van der Waals surface area (Å²) in [7, 11) is 0. The second-order valence-corrected chi connectivity index (χ2v) is 5.84. The molecule has 0 amide bonds. The van der Waals surface area contributed by atoms with Crippen LogP contribution in [0.5, 0.6) is 5.75 Å². The average molecular weight is 327 g/mol. The van der Waals surface area contributed by atoms with Crippen molar-refractivity contribution in [1.82, 2.24) is 5.32 Å². The zero-order valence-electron chi connectivity index (χ0n) is 13.3. The Kier molecular flexibility index (Phi) is 4.86. The Morgan fingerprint density at radius 2 is 2.04 bits per heavy atom. The SMILES string of the molecule is Nc1ccc(C(=O)O)cc1Nc1ccc(OC2CCCNC2)cc1. The number of ether oxygens (including phenoxy) is 1. The Balaban J connectivity index is 1.67. The number of nitrogens with one attached hydrogen (secondary N) is 2. The number of rotatable bonds is 5. The topological polar surface area (TPSA) is 96.6 Å². The summed E-state index contributed by atoms with van der Waals surface area (Å²) in [5, 5.41) is 15.5. The lowest BCUT2D eigenvalue weighted by molar-refractivity contribution is 0.0697. The zero-order chi connectivity index (χ0) is 16.9. The highest BCUT2D eigenvalue weighted by molar-refractivity contribution is 5.91. The van der Waals surface area contributed by atoms with E-state index in [1.54, 1.807) is 6.07 Å². The number of carbonyl (C=O) groups is 1. The molecule has 3 rings (SSSR count). The second-order valence-electron chi connectivity index (χ2n) is 5.84. The third-order valence-corrected chi connectivity index (χ3v) is 3.99. The Hall–Kier alpha value is -2.73. The van der Waals surface area contributed by atoms with Gasteiger partial charge in [-0.2, -0.15) is 0 Å². The van der Waals surface area contributed by atoms with Crippen molar-refractivity contribution in [3.8, 4) is 5.75 Å². The third-order valence-electron chi connectivity index (χ3n) is 3.99. The van der Waals surface area contributed by atoms with Crippen LogP contribution in [0.2, 0.25) is 0 Å². The van der Waals surface area contributed by atoms with Crippen molar-refractivity contribution < 1.29 is 14.6 Å². The van der Waals surface area contributed by atoms with Gasteiger partial charge in [-0.1, -0.05) is 0 Å². The highest BCUT2D eigenvalue weighted by atomic mass is 16.5. The summed E-state index contributed by atoms with van der Waals surface area (Å²) in [6, 6.07) is 12.2. The van der Waals surface area contributed by atoms with E-state index in [1.165, 1.54) is 12.1 Å². The molecule has 0 saturated carbocycles. The average Bonchev–Trinajstić information content (AvgIpc) is 2.59. The molecule has 6 heteroatoms. The molecule has 0 radical (unpaired) electrons. The fraction of sp³-hybridized carbons (Fsp3) is 0.278. The Morgan fingerprint density at radius 1 is 1.25 bits per heavy atom. The van der Waals surface area contributed by atoms with Crippen molar-refractivity contribution in [2.75, 3.05) is 24.1 Å². The molecule has 1 heterocycles. The predicted molar refractivity (Wildman–Crippen MR) is 94.1 cm³/mol. The first-order valence-electron chi connectivity index (χ1n) is 7.99. The fourth-order valence-corrected chi connectivity index (χ4v) is 2.68. The van der Waals surface area contributed by atoms with Crippen molar-refractivity contribution in [2.24, 2.45) is 0 Å². The van der Waals surface area contributed by atoms with Crippen LogP contribution in [0.25, 0.3) is 0 Å². The van der Waals surface area contributed by atoms with Crippen molar-refractivity contribution in [2.45, 2.75) is 18.9 Å². The molecule has 0 aliphatic carbocycles. The molecule has 1 atom stereocenters. The second kappa shape index (κ2) is 7.23. The minimum Gasteiger partial charge on any atom is -0.489 e. The molecular weight excluding hydrogens is 306 g/mol. The van der Waals surface area contributed by atoms with Crippen molar-refractivity contribution in [1.29, 1.82) is 0 Å². The van der Waals surface area contributed by atoms with E-state index in [2.05, 4.69) is 10.6 Å². The van der Waals surface area contributed by atoms with Crippen LogP contribution < -0.4 is 21.1 Å². The van der Waals surface area contributed by atoms with Gasteiger partial charge >= 0.3 is 5.97 Å². The van der Waals surface area contributed by atoms with Crippen LogP contribution in [0, 0.1) is 0 Å². The summed E-state index contributed by atoms with van der Waals surface area (Å²) in [6.07, 6.45) is 2.40. The number of nitrogen functional groups attached to an aromatic ring is 1. The molecule has 6 nitrogen and oxygen atoms in total. The molecule has 0 bridgehead atoms. The zero-order valence-corrected chi connectivity index (χ0v) is 13.3. The summed E-state index contributed by atoms with van der Waals surface area (Å²) in [4.78, 5) is 11.1. The number of hydrogen-bond donors (Lipinski definition) is 4. The molecular formula is C18H21N3O3. The van der Waals surface area contributed by atoms with Crippen LogP contribution in [-0.4, -0.2) is 30.3 Å². The molecule has 1 saturated heterocycles. The highest BCUT2D eigenvalue weighted by Crippen LogP contribution is 2.26. The summed E-state index contributed by atoms with van der Waals surface area (Å²) in [5.41, 5.74) is 7.98. The number of hydrogen-bond acceptors (Lipinski definition) is 5. The van der Waals surface area contributed by atoms with E-state index >= 15 is 0 Å². The smallest absolute Gasteiger partial charge is 0.335 e. The van der Waals surface area contributed by atoms with Gasteiger partial charge in [-0.25, -0.2) is 4.79 Å². The van der Waals surface area contributed by atoms with Gasteiger partial charge in [-0.05, 0) is 61.9 Å². The van der Waals surface area contributed by atoms with Crippen LogP contribution in [-0.2, 0) is 0 Å². The molecule has 5 N–H and O–H groups in total. The van der Waals surface area contributed by atoms with E-state index in [4.69, 9.17) is 15.6 Å². The predicted octanol–water partition coefficient (Wildman–Crippen LogP) is 2.84. The van der Waals surface area contributed by atoms with Crippen LogP contribution in [0.15, 0.2) is 42.5 Å². The highest BCUT2D eigenvalue weighted by Gasteiger charge is 2.14. The first-order valence-corrected chi connectivity index (χ1v) is 7.99. The van der Waals surface area contributed by atoms with Crippen LogP contribution >= 0.6 is 0 Å². The molecule has 2 aromatic carbocycles. The summed E-state index contributed by atoms with van der Waals surface area (Å²) < 4.78 is 5.94. The normalized spacial score (nSPS) is 17.2. The maximum absolute atomic E-state index is 11.1. The first kappa shape index (κ1) is 16.1. The number of carboxylic acids is 1. The minimum absolute atomic E-state index is 0.191. The maximum Gasteiger partial charge on any atom is 0.335 e. The van der Waals surface area contributed by atoms with Gasteiger partial charge in [0.1, 0.15) is 11.9 Å². The number of aromatic carboxylic acids is 1. The van der Waals surface area contributed by atoms with E-state index < -0.39 is 5.97 Å². The van der Waals surface area contributed by atoms with E-state index in [0.29, 0.717) is 11.4 Å². The molecule has 126 valence electrons. The quantitative estimate of drug-likeness (QED) is 0.631. The molecule has 1 unspecified atom stereocenters. The Bertz CT molecular complexity index is 710. The minimum atomic E-state index is -0.983. The number of anilines is 3. The van der Waals surface area contributed by atoms with E-state index in [0.717, 1.165) is 37.4 Å². The van der Waals surface area contributed by atoms with Crippen molar-refractivity contribution in [3.63, 3.8) is 0 Å². The third kappa shape index (κ3) is 3.97. The van der Waals surface area contributed by atoms with Gasteiger partial charge in [-0.15, -0.1) is 0 Å². The molecule has 24 heavy (non-hydrogen) atoms. The standard InChI is InChI=1S/C18H21N3O3/c19-16-8-3-12(18(22)23)10-17(16)21-13-4-6-14(7-5-13)24-15-2-1-9-20-11-15/h3-8,10,15,20-21H,1-2,9,11,19H2,(H,22,23). The lowest BCUT2D eigenvalue weighted by Gasteiger charge is -2.24. The number of nitrogens with two attached hydrogens (primary N) is 1.